The maximum absolute atomic E-state index is 4.48. The number of hydrogen-bond donors (Lipinski definition) is 1. The molecule has 1 aromatic carbocycles. The smallest absolute Gasteiger partial charge is 0.0703 e. The number of anilines is 1. The normalized spacial score (nSPS) is 17.2. The van der Waals surface area contributed by atoms with Crippen molar-refractivity contribution in [2.45, 2.75) is 38.1 Å². The summed E-state index contributed by atoms with van der Waals surface area (Å²) in [6, 6.07) is 11.1. The summed E-state index contributed by atoms with van der Waals surface area (Å²) >= 11 is 0. The Kier molecular flexibility index (Phi) is 2.95. The molecule has 2 aromatic rings. The first-order valence-corrected chi connectivity index (χ1v) is 6.53. The third-order valence-corrected chi connectivity index (χ3v) is 3.57. The van der Waals surface area contributed by atoms with Crippen molar-refractivity contribution in [2.24, 2.45) is 0 Å². The predicted molar refractivity (Wildman–Crippen MR) is 72.2 cm³/mol. The topological polar surface area (TPSA) is 24.9 Å². The van der Waals surface area contributed by atoms with Crippen molar-refractivity contribution in [3.05, 3.63) is 36.5 Å². The molecule has 2 heteroatoms. The molecule has 88 valence electrons. The van der Waals surface area contributed by atoms with Gasteiger partial charge in [0.25, 0.3) is 0 Å². The number of pyridine rings is 1. The summed E-state index contributed by atoms with van der Waals surface area (Å²) in [6.07, 6.45) is 8.67. The number of fused-ring (bicyclic) bond motifs is 1. The SMILES string of the molecule is c1ccc2ncc(NC3CCCCC3)cc2c1. The molecule has 1 heterocycles. The van der Waals surface area contributed by atoms with Crippen molar-refractivity contribution in [3.63, 3.8) is 0 Å². The van der Waals surface area contributed by atoms with Crippen LogP contribution in [0.1, 0.15) is 32.1 Å². The molecule has 0 saturated heterocycles. The van der Waals surface area contributed by atoms with E-state index in [0.717, 1.165) is 11.2 Å². The first-order chi connectivity index (χ1) is 8.42. The van der Waals surface area contributed by atoms with Crippen LogP contribution in [0.4, 0.5) is 5.69 Å². The van der Waals surface area contributed by atoms with Gasteiger partial charge in [-0.3, -0.25) is 4.98 Å². The van der Waals surface area contributed by atoms with Gasteiger partial charge >= 0.3 is 0 Å². The molecule has 0 aliphatic heterocycles. The molecule has 1 fully saturated rings. The highest BCUT2D eigenvalue weighted by Crippen LogP contribution is 2.23. The van der Waals surface area contributed by atoms with E-state index in [1.54, 1.807) is 0 Å². The summed E-state index contributed by atoms with van der Waals surface area (Å²) in [7, 11) is 0. The standard InChI is InChI=1S/C15H18N2/c1-2-7-13(8-3-1)17-14-10-12-6-4-5-9-15(12)16-11-14/h4-6,9-11,13,17H,1-3,7-8H2. The summed E-state index contributed by atoms with van der Waals surface area (Å²) in [6.45, 7) is 0. The molecule has 17 heavy (non-hydrogen) atoms. The van der Waals surface area contributed by atoms with E-state index >= 15 is 0 Å². The van der Waals surface area contributed by atoms with Gasteiger partial charge in [-0.25, -0.2) is 0 Å². The average molecular weight is 226 g/mol. The van der Waals surface area contributed by atoms with Gasteiger partial charge in [-0.1, -0.05) is 37.5 Å². The molecule has 0 atom stereocenters. The lowest BCUT2D eigenvalue weighted by Gasteiger charge is -2.23. The number of rotatable bonds is 2. The molecule has 0 amide bonds. The van der Waals surface area contributed by atoms with E-state index in [-0.39, 0.29) is 0 Å². The number of benzene rings is 1. The van der Waals surface area contributed by atoms with E-state index in [9.17, 15) is 0 Å². The lowest BCUT2D eigenvalue weighted by Crippen LogP contribution is -2.22. The van der Waals surface area contributed by atoms with Crippen LogP contribution in [0.25, 0.3) is 10.9 Å². The Hall–Kier alpha value is -1.57. The molecule has 3 rings (SSSR count). The zero-order valence-electron chi connectivity index (χ0n) is 10.0. The highest BCUT2D eigenvalue weighted by Gasteiger charge is 2.12. The fourth-order valence-corrected chi connectivity index (χ4v) is 2.63. The molecule has 0 bridgehead atoms. The number of hydrogen-bond acceptors (Lipinski definition) is 2. The highest BCUT2D eigenvalue weighted by molar-refractivity contribution is 5.81. The molecule has 0 radical (unpaired) electrons. The van der Waals surface area contributed by atoms with Crippen molar-refractivity contribution in [1.29, 1.82) is 0 Å². The van der Waals surface area contributed by atoms with Gasteiger partial charge < -0.3 is 5.32 Å². The maximum atomic E-state index is 4.48. The van der Waals surface area contributed by atoms with Crippen LogP contribution in [0.2, 0.25) is 0 Å². The number of nitrogens with one attached hydrogen (secondary N) is 1. The first kappa shape index (κ1) is 10.6. The van der Waals surface area contributed by atoms with Crippen LogP contribution in [0, 0.1) is 0 Å². The molecule has 2 nitrogen and oxygen atoms in total. The van der Waals surface area contributed by atoms with Crippen LogP contribution in [0.15, 0.2) is 36.5 Å². The Morgan fingerprint density at radius 3 is 2.76 bits per heavy atom. The fraction of sp³-hybridized carbons (Fsp3) is 0.400. The van der Waals surface area contributed by atoms with Crippen molar-refractivity contribution in [2.75, 3.05) is 5.32 Å². The largest absolute Gasteiger partial charge is 0.381 e. The predicted octanol–water partition coefficient (Wildman–Crippen LogP) is 3.98. The molecule has 1 aliphatic rings. The zero-order chi connectivity index (χ0) is 11.5. The van der Waals surface area contributed by atoms with Gasteiger partial charge in [-0.15, -0.1) is 0 Å². The van der Waals surface area contributed by atoms with E-state index in [4.69, 9.17) is 0 Å². The monoisotopic (exact) mass is 226 g/mol. The minimum absolute atomic E-state index is 0.645. The van der Waals surface area contributed by atoms with Crippen LogP contribution >= 0.6 is 0 Å². The molecular formula is C15H18N2. The Morgan fingerprint density at radius 2 is 1.88 bits per heavy atom. The number of para-hydroxylation sites is 1. The highest BCUT2D eigenvalue weighted by atomic mass is 14.9. The van der Waals surface area contributed by atoms with Crippen LogP contribution in [0.3, 0.4) is 0 Å². The van der Waals surface area contributed by atoms with Crippen LogP contribution in [-0.4, -0.2) is 11.0 Å². The fourth-order valence-electron chi connectivity index (χ4n) is 2.63. The third-order valence-electron chi connectivity index (χ3n) is 3.57. The van der Waals surface area contributed by atoms with Gasteiger partial charge in [0.05, 0.1) is 17.4 Å². The van der Waals surface area contributed by atoms with E-state index in [2.05, 4.69) is 34.6 Å². The zero-order valence-corrected chi connectivity index (χ0v) is 10.0. The van der Waals surface area contributed by atoms with Crippen molar-refractivity contribution < 1.29 is 0 Å². The van der Waals surface area contributed by atoms with E-state index in [1.807, 2.05) is 12.3 Å². The minimum Gasteiger partial charge on any atom is -0.381 e. The molecule has 0 unspecified atom stereocenters. The van der Waals surface area contributed by atoms with E-state index in [1.165, 1.54) is 37.5 Å². The molecule has 1 N–H and O–H groups in total. The molecule has 1 aromatic heterocycles. The molecule has 1 aliphatic carbocycles. The Labute approximate surface area is 102 Å². The summed E-state index contributed by atoms with van der Waals surface area (Å²) in [5.41, 5.74) is 2.23. The van der Waals surface area contributed by atoms with Crippen LogP contribution in [0.5, 0.6) is 0 Å². The second-order valence-electron chi connectivity index (χ2n) is 4.90. The quantitative estimate of drug-likeness (QED) is 0.837. The summed E-state index contributed by atoms with van der Waals surface area (Å²) < 4.78 is 0. The minimum atomic E-state index is 0.645. The molecular weight excluding hydrogens is 208 g/mol. The lowest BCUT2D eigenvalue weighted by molar-refractivity contribution is 0.462. The van der Waals surface area contributed by atoms with E-state index < -0.39 is 0 Å². The second-order valence-corrected chi connectivity index (χ2v) is 4.90. The van der Waals surface area contributed by atoms with Crippen molar-refractivity contribution in [1.82, 2.24) is 4.98 Å². The Bertz CT molecular complexity index is 501. The Balaban J connectivity index is 1.80. The lowest BCUT2D eigenvalue weighted by atomic mass is 9.95. The molecule has 0 spiro atoms. The third kappa shape index (κ3) is 2.41. The van der Waals surface area contributed by atoms with Gasteiger partial charge in [0.15, 0.2) is 0 Å². The van der Waals surface area contributed by atoms with Crippen LogP contribution in [-0.2, 0) is 0 Å². The Morgan fingerprint density at radius 1 is 1.06 bits per heavy atom. The average Bonchev–Trinajstić information content (AvgIpc) is 2.40. The summed E-state index contributed by atoms with van der Waals surface area (Å²) in [5.74, 6) is 0. The second kappa shape index (κ2) is 4.74. The maximum Gasteiger partial charge on any atom is 0.0703 e. The van der Waals surface area contributed by atoms with Gasteiger partial charge in [-0.05, 0) is 25.0 Å². The first-order valence-electron chi connectivity index (χ1n) is 6.53. The van der Waals surface area contributed by atoms with Crippen molar-refractivity contribution in [3.8, 4) is 0 Å². The summed E-state index contributed by atoms with van der Waals surface area (Å²) in [5, 5.41) is 4.83. The van der Waals surface area contributed by atoms with Gasteiger partial charge in [-0.2, -0.15) is 0 Å². The number of aromatic nitrogens is 1. The van der Waals surface area contributed by atoms with Crippen molar-refractivity contribution >= 4 is 16.6 Å². The van der Waals surface area contributed by atoms with Gasteiger partial charge in [0.1, 0.15) is 0 Å². The summed E-state index contributed by atoms with van der Waals surface area (Å²) in [4.78, 5) is 4.48. The number of nitrogens with zero attached hydrogens (tertiary/aromatic N) is 1. The molecule has 1 saturated carbocycles. The van der Waals surface area contributed by atoms with Gasteiger partial charge in [0.2, 0.25) is 0 Å². The van der Waals surface area contributed by atoms with Crippen LogP contribution < -0.4 is 5.32 Å². The van der Waals surface area contributed by atoms with E-state index in [0.29, 0.717) is 6.04 Å². The van der Waals surface area contributed by atoms with Gasteiger partial charge in [0, 0.05) is 11.4 Å².